The van der Waals surface area contributed by atoms with Crippen molar-refractivity contribution in [3.8, 4) is 11.3 Å². The molecule has 0 radical (unpaired) electrons. The number of allylic oxidation sites excluding steroid dienone is 2. The number of nitrogen functional groups attached to an aromatic ring is 1. The number of carbonyl (C=O) groups is 1. The highest BCUT2D eigenvalue weighted by atomic mass is 16.5. The van der Waals surface area contributed by atoms with E-state index in [1.165, 1.54) is 0 Å². The lowest BCUT2D eigenvalue weighted by Gasteiger charge is -2.40. The summed E-state index contributed by atoms with van der Waals surface area (Å²) in [6.45, 7) is 8.61. The summed E-state index contributed by atoms with van der Waals surface area (Å²) >= 11 is 0. The minimum absolute atomic E-state index is 0.179. The highest BCUT2D eigenvalue weighted by Gasteiger charge is 2.38. The van der Waals surface area contributed by atoms with Gasteiger partial charge in [-0.1, -0.05) is 12.2 Å². The molecular weight excluding hydrogens is 544 g/mol. The monoisotopic (exact) mass is 580 g/mol. The molecule has 3 aromatic rings. The zero-order chi connectivity index (χ0) is 29.4. The van der Waals surface area contributed by atoms with Crippen molar-refractivity contribution in [2.75, 3.05) is 79.5 Å². The van der Waals surface area contributed by atoms with E-state index >= 15 is 0 Å². The molecule has 43 heavy (non-hydrogen) atoms. The van der Waals surface area contributed by atoms with Gasteiger partial charge >= 0.3 is 0 Å². The lowest BCUT2D eigenvalue weighted by atomic mass is 9.81. The van der Waals surface area contributed by atoms with Gasteiger partial charge in [0.05, 0.1) is 24.3 Å². The zero-order valence-corrected chi connectivity index (χ0v) is 24.4. The molecule has 12 nitrogen and oxygen atoms in total. The van der Waals surface area contributed by atoms with Crippen molar-refractivity contribution in [3.05, 3.63) is 66.4 Å². The number of piperazine rings is 1. The highest BCUT2D eigenvalue weighted by molar-refractivity contribution is 5.85. The molecule has 0 aromatic carbocycles. The van der Waals surface area contributed by atoms with Crippen LogP contribution in [-0.4, -0.2) is 94.8 Å². The highest BCUT2D eigenvalue weighted by Crippen LogP contribution is 2.40. The summed E-state index contributed by atoms with van der Waals surface area (Å²) in [4.78, 5) is 45.1. The lowest BCUT2D eigenvalue weighted by molar-refractivity contribution is -0.139. The Balaban J connectivity index is 1.10. The molecule has 2 fully saturated rings. The number of fused-ring (bicyclic) bond motifs is 1. The molecule has 0 bridgehead atoms. The van der Waals surface area contributed by atoms with Crippen LogP contribution in [0.2, 0.25) is 0 Å². The number of carbonyl (C=O) groups excluding carboxylic acids is 1. The maximum absolute atomic E-state index is 13.7. The van der Waals surface area contributed by atoms with E-state index in [0.717, 1.165) is 73.2 Å². The molecule has 3 aliphatic heterocycles. The molecule has 0 spiro atoms. The zero-order valence-electron chi connectivity index (χ0n) is 24.4. The van der Waals surface area contributed by atoms with Gasteiger partial charge in [-0.3, -0.25) is 9.78 Å². The van der Waals surface area contributed by atoms with E-state index in [9.17, 15) is 4.79 Å². The number of hydrogen-bond acceptors (Lipinski definition) is 11. The van der Waals surface area contributed by atoms with Crippen molar-refractivity contribution in [3.63, 3.8) is 0 Å². The van der Waals surface area contributed by atoms with E-state index < -0.39 is 5.41 Å². The summed E-state index contributed by atoms with van der Waals surface area (Å²) in [5.74, 6) is 1.97. The molecule has 222 valence electrons. The van der Waals surface area contributed by atoms with Gasteiger partial charge in [0.2, 0.25) is 17.8 Å². The minimum Gasteiger partial charge on any atom is -0.378 e. The Bertz CT molecular complexity index is 1550. The second-order valence-electron chi connectivity index (χ2n) is 11.6. The molecule has 2 saturated heterocycles. The molecule has 0 saturated carbocycles. The topological polar surface area (TPSA) is 130 Å². The van der Waals surface area contributed by atoms with Gasteiger partial charge in [0.15, 0.2) is 0 Å². The van der Waals surface area contributed by atoms with Gasteiger partial charge in [0.25, 0.3) is 0 Å². The fourth-order valence-electron chi connectivity index (χ4n) is 6.26. The van der Waals surface area contributed by atoms with Crippen LogP contribution in [-0.2, 0) is 16.0 Å². The summed E-state index contributed by atoms with van der Waals surface area (Å²) in [5, 5.41) is 0. The molecule has 1 unspecified atom stereocenters. The minimum atomic E-state index is -0.581. The van der Waals surface area contributed by atoms with Crippen molar-refractivity contribution in [1.29, 1.82) is 0 Å². The predicted molar refractivity (Wildman–Crippen MR) is 165 cm³/mol. The normalized spacial score (nSPS) is 22.0. The largest absolute Gasteiger partial charge is 0.378 e. The smallest absolute Gasteiger partial charge is 0.232 e. The third-order valence-corrected chi connectivity index (χ3v) is 8.81. The maximum Gasteiger partial charge on any atom is 0.232 e. The van der Waals surface area contributed by atoms with Crippen LogP contribution in [0.25, 0.3) is 11.3 Å². The van der Waals surface area contributed by atoms with E-state index in [1.807, 2.05) is 36.4 Å². The molecule has 1 aliphatic carbocycles. The van der Waals surface area contributed by atoms with E-state index in [1.54, 1.807) is 12.4 Å². The number of aromatic nitrogens is 5. The van der Waals surface area contributed by atoms with E-state index in [4.69, 9.17) is 20.4 Å². The summed E-state index contributed by atoms with van der Waals surface area (Å²) in [6.07, 6.45) is 14.9. The quantitative estimate of drug-likeness (QED) is 0.477. The molecule has 12 heteroatoms. The fourth-order valence-corrected chi connectivity index (χ4v) is 6.26. The first kappa shape index (κ1) is 27.3. The first-order valence-corrected chi connectivity index (χ1v) is 14.9. The van der Waals surface area contributed by atoms with Crippen molar-refractivity contribution in [2.24, 2.45) is 5.41 Å². The van der Waals surface area contributed by atoms with Crippen molar-refractivity contribution >= 4 is 29.3 Å². The number of amides is 1. The van der Waals surface area contributed by atoms with Crippen LogP contribution in [0, 0.1) is 5.41 Å². The summed E-state index contributed by atoms with van der Waals surface area (Å²) in [5.41, 5.74) is 10.1. The molecule has 1 atom stereocenters. The van der Waals surface area contributed by atoms with Crippen LogP contribution >= 0.6 is 0 Å². The Morgan fingerprint density at radius 3 is 2.40 bits per heavy atom. The fraction of sp³-hybridized carbons (Fsp3) is 0.419. The van der Waals surface area contributed by atoms with Crippen LogP contribution in [0.3, 0.4) is 0 Å². The SMILES string of the molecule is CC1(C(=O)N2CCN(c3ccncc3)CC2)C=CC(N2CCc3c(-c4cnc(N)nc4)nc(N4CCOCC4)nc32)=CC1. The van der Waals surface area contributed by atoms with Gasteiger partial charge < -0.3 is 30.1 Å². The van der Waals surface area contributed by atoms with Gasteiger partial charge in [0.1, 0.15) is 5.82 Å². The summed E-state index contributed by atoms with van der Waals surface area (Å²) in [6, 6.07) is 4.04. The Morgan fingerprint density at radius 1 is 0.953 bits per heavy atom. The van der Waals surface area contributed by atoms with Crippen LogP contribution < -0.4 is 20.4 Å². The Labute approximate surface area is 250 Å². The summed E-state index contributed by atoms with van der Waals surface area (Å²) < 4.78 is 5.57. The van der Waals surface area contributed by atoms with Crippen molar-refractivity contribution < 1.29 is 9.53 Å². The van der Waals surface area contributed by atoms with Crippen molar-refractivity contribution in [2.45, 2.75) is 19.8 Å². The number of hydrogen-bond donors (Lipinski definition) is 1. The average Bonchev–Trinajstić information content (AvgIpc) is 3.50. The van der Waals surface area contributed by atoms with Gasteiger partial charge in [-0.05, 0) is 38.0 Å². The number of morpholine rings is 1. The van der Waals surface area contributed by atoms with Gasteiger partial charge in [0, 0.05) is 93.1 Å². The van der Waals surface area contributed by atoms with Crippen LogP contribution in [0.15, 0.2) is 60.8 Å². The van der Waals surface area contributed by atoms with Crippen molar-refractivity contribution in [1.82, 2.24) is 29.8 Å². The number of anilines is 4. The molecule has 6 heterocycles. The van der Waals surface area contributed by atoms with Crippen LogP contribution in [0.1, 0.15) is 18.9 Å². The number of pyridine rings is 1. The lowest BCUT2D eigenvalue weighted by Crippen LogP contribution is -2.52. The number of rotatable bonds is 5. The molecule has 7 rings (SSSR count). The number of ether oxygens (including phenoxy) is 1. The van der Waals surface area contributed by atoms with E-state index in [2.05, 4.69) is 47.9 Å². The van der Waals surface area contributed by atoms with Gasteiger partial charge in [-0.25, -0.2) is 15.0 Å². The van der Waals surface area contributed by atoms with Gasteiger partial charge in [-0.2, -0.15) is 4.98 Å². The first-order chi connectivity index (χ1) is 21.0. The second-order valence-corrected chi connectivity index (χ2v) is 11.6. The molecular formula is C31H36N10O2. The Hall–Kier alpha value is -4.58. The average molecular weight is 581 g/mol. The third-order valence-electron chi connectivity index (χ3n) is 8.81. The van der Waals surface area contributed by atoms with Gasteiger partial charge in [-0.15, -0.1) is 0 Å². The Kier molecular flexibility index (Phi) is 7.13. The number of nitrogens with zero attached hydrogens (tertiary/aromatic N) is 9. The van der Waals surface area contributed by atoms with E-state index in [-0.39, 0.29) is 11.9 Å². The standard InChI is InChI=1S/C31H36N10O2/c1-31(28(42)39-14-12-38(13-15-39)23-4-9-33-10-5-23)7-2-24(3-8-31)41-11-6-25-26(22-20-34-29(32)35-21-22)36-30(37-27(25)41)40-16-18-43-19-17-40/h2-5,7,9-10,20-21H,6,8,11-19H2,1H3,(H2,32,34,35). The summed E-state index contributed by atoms with van der Waals surface area (Å²) in [7, 11) is 0. The second kappa shape index (κ2) is 11.3. The third kappa shape index (κ3) is 5.27. The number of nitrogens with two attached hydrogens (primary N) is 1. The maximum atomic E-state index is 13.7. The Morgan fingerprint density at radius 2 is 1.70 bits per heavy atom. The molecule has 1 amide bonds. The predicted octanol–water partition coefficient (Wildman–Crippen LogP) is 2.31. The van der Waals surface area contributed by atoms with E-state index in [0.29, 0.717) is 38.7 Å². The first-order valence-electron chi connectivity index (χ1n) is 14.9. The molecule has 4 aliphatic rings. The van der Waals surface area contributed by atoms with Crippen LogP contribution in [0.4, 0.5) is 23.4 Å². The van der Waals surface area contributed by atoms with Crippen LogP contribution in [0.5, 0.6) is 0 Å². The molecule has 3 aromatic heterocycles. The molecule has 2 N–H and O–H groups in total.